The minimum Gasteiger partial charge on any atom is -0.462 e. The molecule has 1 heterocycles. The zero-order valence-corrected chi connectivity index (χ0v) is 11.2. The average molecular weight is 264 g/mol. The SMILES string of the molecule is CCOC(=O)c1[nH]c(CC#N)c(C(=O)OCC)c1C. The minimum absolute atomic E-state index is 0.00556. The van der Waals surface area contributed by atoms with Gasteiger partial charge in [-0.2, -0.15) is 5.26 Å². The molecule has 0 unspecified atom stereocenters. The normalized spacial score (nSPS) is 9.79. The van der Waals surface area contributed by atoms with Crippen LogP contribution < -0.4 is 0 Å². The number of carbonyl (C=O) groups is 2. The molecule has 1 aromatic heterocycles. The average Bonchev–Trinajstić information content (AvgIpc) is 2.67. The second-order valence-corrected chi connectivity index (χ2v) is 3.75. The summed E-state index contributed by atoms with van der Waals surface area (Å²) in [6.45, 7) is 5.47. The Hall–Kier alpha value is -2.29. The van der Waals surface area contributed by atoms with Crippen molar-refractivity contribution < 1.29 is 19.1 Å². The standard InChI is InChI=1S/C13H16N2O4/c1-4-18-12(16)10-8(3)11(13(17)19-5-2)15-9(10)6-7-14/h15H,4-6H2,1-3H3. The van der Waals surface area contributed by atoms with Crippen LogP contribution in [0.4, 0.5) is 0 Å². The van der Waals surface area contributed by atoms with Crippen LogP contribution in [-0.2, 0) is 15.9 Å². The topological polar surface area (TPSA) is 92.2 Å². The lowest BCUT2D eigenvalue weighted by Crippen LogP contribution is -2.09. The van der Waals surface area contributed by atoms with E-state index in [1.165, 1.54) is 0 Å². The number of carbonyl (C=O) groups excluding carboxylic acids is 2. The van der Waals surface area contributed by atoms with E-state index in [1.807, 2.05) is 6.07 Å². The van der Waals surface area contributed by atoms with Gasteiger partial charge in [0.05, 0.1) is 31.3 Å². The molecule has 0 saturated carbocycles. The van der Waals surface area contributed by atoms with Gasteiger partial charge in [-0.1, -0.05) is 0 Å². The summed E-state index contributed by atoms with van der Waals surface area (Å²) < 4.78 is 9.82. The van der Waals surface area contributed by atoms with E-state index in [0.717, 1.165) is 0 Å². The molecule has 6 heteroatoms. The fourth-order valence-corrected chi connectivity index (χ4v) is 1.76. The van der Waals surface area contributed by atoms with Gasteiger partial charge >= 0.3 is 11.9 Å². The fraction of sp³-hybridized carbons (Fsp3) is 0.462. The quantitative estimate of drug-likeness (QED) is 0.818. The molecule has 0 fully saturated rings. The van der Waals surface area contributed by atoms with Crippen molar-refractivity contribution in [2.24, 2.45) is 0 Å². The Labute approximate surface area is 111 Å². The number of nitriles is 1. The third-order valence-corrected chi connectivity index (χ3v) is 2.54. The molecule has 19 heavy (non-hydrogen) atoms. The van der Waals surface area contributed by atoms with E-state index in [9.17, 15) is 9.59 Å². The van der Waals surface area contributed by atoms with Crippen molar-refractivity contribution in [3.63, 3.8) is 0 Å². The Kier molecular flexibility index (Phi) is 5.12. The number of ether oxygens (including phenoxy) is 2. The first kappa shape index (κ1) is 14.8. The van der Waals surface area contributed by atoms with Gasteiger partial charge in [0.2, 0.25) is 0 Å². The van der Waals surface area contributed by atoms with Crippen molar-refractivity contribution >= 4 is 11.9 Å². The van der Waals surface area contributed by atoms with Crippen LogP contribution in [0, 0.1) is 18.3 Å². The Morgan fingerprint density at radius 3 is 2.32 bits per heavy atom. The molecule has 0 aliphatic heterocycles. The lowest BCUT2D eigenvalue weighted by atomic mass is 10.1. The van der Waals surface area contributed by atoms with Crippen LogP contribution in [0.3, 0.4) is 0 Å². The number of esters is 2. The fourth-order valence-electron chi connectivity index (χ4n) is 1.76. The van der Waals surface area contributed by atoms with Crippen LogP contribution in [0.1, 0.15) is 46.0 Å². The van der Waals surface area contributed by atoms with Gasteiger partial charge < -0.3 is 14.5 Å². The van der Waals surface area contributed by atoms with Crippen LogP contribution >= 0.6 is 0 Å². The van der Waals surface area contributed by atoms with Crippen LogP contribution in [0.2, 0.25) is 0 Å². The van der Waals surface area contributed by atoms with E-state index in [0.29, 0.717) is 11.3 Å². The van der Waals surface area contributed by atoms with Gasteiger partial charge in [0, 0.05) is 5.69 Å². The number of rotatable bonds is 5. The van der Waals surface area contributed by atoms with Crippen LogP contribution in [0.15, 0.2) is 0 Å². The van der Waals surface area contributed by atoms with Crippen molar-refractivity contribution in [3.05, 3.63) is 22.5 Å². The van der Waals surface area contributed by atoms with Gasteiger partial charge in [0.1, 0.15) is 5.69 Å². The molecule has 1 N–H and O–H groups in total. The van der Waals surface area contributed by atoms with Gasteiger partial charge in [0.15, 0.2) is 0 Å². The summed E-state index contributed by atoms with van der Waals surface area (Å²) in [5.74, 6) is -1.09. The molecule has 0 saturated heterocycles. The maximum atomic E-state index is 11.9. The molecule has 102 valence electrons. The van der Waals surface area contributed by atoms with E-state index in [1.54, 1.807) is 20.8 Å². The minimum atomic E-state index is -0.547. The second-order valence-electron chi connectivity index (χ2n) is 3.75. The summed E-state index contributed by atoms with van der Waals surface area (Å²) in [6, 6.07) is 1.94. The summed E-state index contributed by atoms with van der Waals surface area (Å²) in [4.78, 5) is 26.4. The van der Waals surface area contributed by atoms with E-state index in [-0.39, 0.29) is 30.9 Å². The molecule has 0 bridgehead atoms. The van der Waals surface area contributed by atoms with E-state index in [4.69, 9.17) is 14.7 Å². The molecule has 1 aromatic rings. The zero-order valence-electron chi connectivity index (χ0n) is 11.2. The molecule has 0 radical (unpaired) electrons. The van der Waals surface area contributed by atoms with Crippen molar-refractivity contribution in [1.29, 1.82) is 5.26 Å². The van der Waals surface area contributed by atoms with Crippen molar-refractivity contribution in [1.82, 2.24) is 4.98 Å². The maximum absolute atomic E-state index is 11.9. The summed E-state index contributed by atoms with van der Waals surface area (Å²) in [7, 11) is 0. The number of nitrogens with zero attached hydrogens (tertiary/aromatic N) is 1. The Balaban J connectivity index is 3.24. The highest BCUT2D eigenvalue weighted by atomic mass is 16.5. The van der Waals surface area contributed by atoms with Gasteiger partial charge in [-0.25, -0.2) is 9.59 Å². The summed E-state index contributed by atoms with van der Waals surface area (Å²) >= 11 is 0. The molecular weight excluding hydrogens is 248 g/mol. The largest absolute Gasteiger partial charge is 0.462 e. The van der Waals surface area contributed by atoms with Gasteiger partial charge in [-0.15, -0.1) is 0 Å². The predicted molar refractivity (Wildman–Crippen MR) is 66.8 cm³/mol. The first-order valence-corrected chi connectivity index (χ1v) is 5.99. The predicted octanol–water partition coefficient (Wildman–Crippen LogP) is 1.74. The summed E-state index contributed by atoms with van der Waals surface area (Å²) in [5.41, 5.74) is 1.25. The summed E-state index contributed by atoms with van der Waals surface area (Å²) in [5, 5.41) is 8.76. The number of nitrogens with one attached hydrogen (secondary N) is 1. The number of aromatic amines is 1. The highest BCUT2D eigenvalue weighted by Crippen LogP contribution is 2.21. The second kappa shape index (κ2) is 6.59. The lowest BCUT2D eigenvalue weighted by Gasteiger charge is -2.03. The Morgan fingerprint density at radius 1 is 1.21 bits per heavy atom. The van der Waals surface area contributed by atoms with Crippen LogP contribution in [-0.4, -0.2) is 30.1 Å². The first-order valence-electron chi connectivity index (χ1n) is 5.99. The Bertz CT molecular complexity index is 525. The molecule has 0 aliphatic rings. The van der Waals surface area contributed by atoms with Crippen LogP contribution in [0.5, 0.6) is 0 Å². The molecule has 6 nitrogen and oxygen atoms in total. The number of aromatic nitrogens is 1. The number of hydrogen-bond donors (Lipinski definition) is 1. The lowest BCUT2D eigenvalue weighted by molar-refractivity contribution is 0.0518. The highest BCUT2D eigenvalue weighted by Gasteiger charge is 2.25. The molecule has 0 aliphatic carbocycles. The zero-order chi connectivity index (χ0) is 14.4. The number of H-pyrrole nitrogens is 1. The highest BCUT2D eigenvalue weighted by molar-refractivity contribution is 5.98. The molecule has 0 atom stereocenters. The third kappa shape index (κ3) is 3.13. The molecular formula is C13H16N2O4. The molecule has 0 aromatic carbocycles. The molecule has 1 rings (SSSR count). The smallest absolute Gasteiger partial charge is 0.355 e. The van der Waals surface area contributed by atoms with Crippen molar-refractivity contribution in [2.75, 3.05) is 13.2 Å². The molecule has 0 amide bonds. The van der Waals surface area contributed by atoms with Crippen LogP contribution in [0.25, 0.3) is 0 Å². The van der Waals surface area contributed by atoms with Gasteiger partial charge in [-0.3, -0.25) is 0 Å². The van der Waals surface area contributed by atoms with E-state index in [2.05, 4.69) is 4.98 Å². The monoisotopic (exact) mass is 264 g/mol. The van der Waals surface area contributed by atoms with E-state index < -0.39 is 11.9 Å². The van der Waals surface area contributed by atoms with Gasteiger partial charge in [0.25, 0.3) is 0 Å². The number of hydrogen-bond acceptors (Lipinski definition) is 5. The first-order chi connectivity index (χ1) is 9.06. The summed E-state index contributed by atoms with van der Waals surface area (Å²) in [6.07, 6.45) is -0.00556. The Morgan fingerprint density at radius 2 is 1.79 bits per heavy atom. The van der Waals surface area contributed by atoms with E-state index >= 15 is 0 Å². The molecule has 0 spiro atoms. The third-order valence-electron chi connectivity index (χ3n) is 2.54. The van der Waals surface area contributed by atoms with Crippen molar-refractivity contribution in [3.8, 4) is 6.07 Å². The van der Waals surface area contributed by atoms with Gasteiger partial charge in [-0.05, 0) is 26.3 Å². The van der Waals surface area contributed by atoms with Crippen molar-refractivity contribution in [2.45, 2.75) is 27.2 Å². The maximum Gasteiger partial charge on any atom is 0.355 e.